The normalized spacial score (nSPS) is 59.1. The van der Waals surface area contributed by atoms with Crippen molar-refractivity contribution in [3.63, 3.8) is 0 Å². The molecule has 1 nitrogen and oxygen atoms in total. The van der Waals surface area contributed by atoms with E-state index in [-0.39, 0.29) is 5.54 Å². The third kappa shape index (κ3) is 2.01. The molecule has 0 aliphatic heterocycles. The number of nitrogens with two attached hydrogens (primary N) is 1. The Bertz CT molecular complexity index is 473. The molecule has 8 atom stereocenters. The summed E-state index contributed by atoms with van der Waals surface area (Å²) in [5, 5.41) is 0. The Balaban J connectivity index is 1.67. The van der Waals surface area contributed by atoms with E-state index in [2.05, 4.69) is 27.7 Å². The molecule has 0 spiro atoms. The van der Waals surface area contributed by atoms with Crippen LogP contribution < -0.4 is 5.73 Å². The maximum Gasteiger partial charge on any atom is 0.0214 e. The van der Waals surface area contributed by atoms with E-state index in [0.29, 0.717) is 10.8 Å². The standard InChI is InChI=1S/C22H39N/c1-5-16-9-11-21(4)18-7-6-17-14-15(2)8-13-22(17,23)19(18)10-12-20(16,21)3/h15-19H,5-14,23H2,1-4H3. The van der Waals surface area contributed by atoms with Crippen LogP contribution in [-0.2, 0) is 0 Å². The molecular formula is C22H39N. The molecule has 0 aromatic rings. The summed E-state index contributed by atoms with van der Waals surface area (Å²) in [6.45, 7) is 10.2. The van der Waals surface area contributed by atoms with Crippen LogP contribution in [0.4, 0.5) is 0 Å². The monoisotopic (exact) mass is 317 g/mol. The Morgan fingerprint density at radius 1 is 0.870 bits per heavy atom. The highest BCUT2D eigenvalue weighted by Crippen LogP contribution is 2.71. The summed E-state index contributed by atoms with van der Waals surface area (Å²) < 4.78 is 0. The highest BCUT2D eigenvalue weighted by atomic mass is 14.8. The lowest BCUT2D eigenvalue weighted by Crippen LogP contribution is -2.65. The smallest absolute Gasteiger partial charge is 0.0214 e. The highest BCUT2D eigenvalue weighted by Gasteiger charge is 2.65. The number of rotatable bonds is 1. The molecule has 0 aromatic heterocycles. The summed E-state index contributed by atoms with van der Waals surface area (Å²) in [6.07, 6.45) is 14.2. The first-order chi connectivity index (χ1) is 10.8. The van der Waals surface area contributed by atoms with E-state index in [1.807, 2.05) is 0 Å². The van der Waals surface area contributed by atoms with E-state index in [0.717, 1.165) is 29.6 Å². The Morgan fingerprint density at radius 3 is 2.35 bits per heavy atom. The molecule has 1 heteroatoms. The van der Waals surface area contributed by atoms with E-state index in [4.69, 9.17) is 5.73 Å². The van der Waals surface area contributed by atoms with E-state index in [1.54, 1.807) is 0 Å². The van der Waals surface area contributed by atoms with Gasteiger partial charge in [-0.05, 0) is 98.2 Å². The third-order valence-electron chi connectivity index (χ3n) is 10.0. The topological polar surface area (TPSA) is 26.0 Å². The van der Waals surface area contributed by atoms with E-state index in [9.17, 15) is 0 Å². The van der Waals surface area contributed by atoms with Gasteiger partial charge in [0.1, 0.15) is 0 Å². The summed E-state index contributed by atoms with van der Waals surface area (Å²) in [7, 11) is 0. The summed E-state index contributed by atoms with van der Waals surface area (Å²) >= 11 is 0. The zero-order chi connectivity index (χ0) is 16.5. The summed E-state index contributed by atoms with van der Waals surface area (Å²) in [4.78, 5) is 0. The molecule has 0 bridgehead atoms. The summed E-state index contributed by atoms with van der Waals surface area (Å²) in [5.74, 6) is 4.43. The van der Waals surface area contributed by atoms with Gasteiger partial charge in [0.15, 0.2) is 0 Å². The molecule has 8 unspecified atom stereocenters. The fourth-order valence-electron chi connectivity index (χ4n) is 8.34. The van der Waals surface area contributed by atoms with Gasteiger partial charge in [-0.1, -0.05) is 34.1 Å². The van der Waals surface area contributed by atoms with Gasteiger partial charge >= 0.3 is 0 Å². The molecule has 4 fully saturated rings. The van der Waals surface area contributed by atoms with Crippen molar-refractivity contribution in [1.29, 1.82) is 0 Å². The van der Waals surface area contributed by atoms with Crippen molar-refractivity contribution in [2.24, 2.45) is 46.2 Å². The van der Waals surface area contributed by atoms with Gasteiger partial charge in [0.25, 0.3) is 0 Å². The van der Waals surface area contributed by atoms with Crippen molar-refractivity contribution >= 4 is 0 Å². The van der Waals surface area contributed by atoms with E-state index in [1.165, 1.54) is 64.2 Å². The van der Waals surface area contributed by atoms with E-state index < -0.39 is 0 Å². The zero-order valence-electron chi connectivity index (χ0n) is 16.0. The molecule has 0 amide bonds. The van der Waals surface area contributed by atoms with Gasteiger partial charge in [0.2, 0.25) is 0 Å². The predicted octanol–water partition coefficient (Wildman–Crippen LogP) is 5.77. The lowest BCUT2D eigenvalue weighted by atomic mass is 9.42. The zero-order valence-corrected chi connectivity index (χ0v) is 16.0. The molecule has 23 heavy (non-hydrogen) atoms. The average molecular weight is 318 g/mol. The Labute approximate surface area is 144 Å². The van der Waals surface area contributed by atoms with E-state index >= 15 is 0 Å². The molecular weight excluding hydrogens is 278 g/mol. The second-order valence-electron chi connectivity index (χ2n) is 10.5. The molecule has 4 aliphatic carbocycles. The Hall–Kier alpha value is -0.0400. The van der Waals surface area contributed by atoms with Crippen molar-refractivity contribution in [3.8, 4) is 0 Å². The van der Waals surface area contributed by atoms with Crippen LogP contribution in [0.5, 0.6) is 0 Å². The molecule has 0 heterocycles. The number of fused-ring (bicyclic) bond motifs is 5. The maximum absolute atomic E-state index is 7.23. The lowest BCUT2D eigenvalue weighted by Gasteiger charge is -2.64. The van der Waals surface area contributed by atoms with Gasteiger partial charge in [0.05, 0.1) is 0 Å². The number of hydrogen-bond acceptors (Lipinski definition) is 1. The minimum atomic E-state index is 0.185. The second-order valence-corrected chi connectivity index (χ2v) is 10.5. The molecule has 4 saturated carbocycles. The van der Waals surface area contributed by atoms with Gasteiger partial charge in [-0.25, -0.2) is 0 Å². The fraction of sp³-hybridized carbons (Fsp3) is 1.00. The maximum atomic E-state index is 7.23. The van der Waals surface area contributed by atoms with Gasteiger partial charge in [0, 0.05) is 5.54 Å². The van der Waals surface area contributed by atoms with Crippen LogP contribution in [0.3, 0.4) is 0 Å². The largest absolute Gasteiger partial charge is 0.325 e. The minimum absolute atomic E-state index is 0.185. The lowest BCUT2D eigenvalue weighted by molar-refractivity contribution is -0.130. The molecule has 0 aromatic carbocycles. The van der Waals surface area contributed by atoms with Crippen molar-refractivity contribution < 1.29 is 0 Å². The fourth-order valence-corrected chi connectivity index (χ4v) is 8.34. The molecule has 4 rings (SSSR count). The van der Waals surface area contributed by atoms with Crippen molar-refractivity contribution in [2.45, 2.75) is 97.4 Å². The molecule has 2 N–H and O–H groups in total. The molecule has 4 aliphatic rings. The van der Waals surface area contributed by atoms with Crippen molar-refractivity contribution in [2.75, 3.05) is 0 Å². The molecule has 132 valence electrons. The third-order valence-corrected chi connectivity index (χ3v) is 10.0. The quantitative estimate of drug-likeness (QED) is 0.652. The van der Waals surface area contributed by atoms with Gasteiger partial charge in [-0.2, -0.15) is 0 Å². The van der Waals surface area contributed by atoms with Crippen LogP contribution in [-0.4, -0.2) is 5.54 Å². The highest BCUT2D eigenvalue weighted by molar-refractivity contribution is 5.16. The van der Waals surface area contributed by atoms with Crippen LogP contribution in [0.25, 0.3) is 0 Å². The van der Waals surface area contributed by atoms with Crippen molar-refractivity contribution in [1.82, 2.24) is 0 Å². The van der Waals surface area contributed by atoms with Gasteiger partial charge < -0.3 is 5.73 Å². The summed E-state index contributed by atoms with van der Waals surface area (Å²) in [5.41, 5.74) is 8.58. The first-order valence-electron chi connectivity index (χ1n) is 10.6. The SMILES string of the molecule is CCC1CCC2(C)C3CCC4CC(C)CCC4(N)C3CCC12C. The van der Waals surface area contributed by atoms with Gasteiger partial charge in [-0.3, -0.25) is 0 Å². The minimum Gasteiger partial charge on any atom is -0.325 e. The van der Waals surface area contributed by atoms with Crippen LogP contribution in [0.1, 0.15) is 91.9 Å². The van der Waals surface area contributed by atoms with Gasteiger partial charge in [-0.15, -0.1) is 0 Å². The van der Waals surface area contributed by atoms with Crippen LogP contribution in [0.2, 0.25) is 0 Å². The predicted molar refractivity (Wildman–Crippen MR) is 98.1 cm³/mol. The average Bonchev–Trinajstić information content (AvgIpc) is 2.79. The van der Waals surface area contributed by atoms with Crippen LogP contribution in [0, 0.1) is 40.4 Å². The second kappa shape index (κ2) is 5.23. The Morgan fingerprint density at radius 2 is 1.61 bits per heavy atom. The number of hydrogen-bond donors (Lipinski definition) is 1. The molecule has 0 saturated heterocycles. The first kappa shape index (κ1) is 16.4. The first-order valence-corrected chi connectivity index (χ1v) is 10.6. The summed E-state index contributed by atoms with van der Waals surface area (Å²) in [6, 6.07) is 0. The Kier molecular flexibility index (Phi) is 3.73. The van der Waals surface area contributed by atoms with Crippen LogP contribution in [0.15, 0.2) is 0 Å². The molecule has 0 radical (unpaired) electrons. The van der Waals surface area contributed by atoms with Crippen molar-refractivity contribution in [3.05, 3.63) is 0 Å². The van der Waals surface area contributed by atoms with Crippen LogP contribution >= 0.6 is 0 Å².